The molecule has 4 rings (SSSR count). The molecule has 10 heteroatoms. The zero-order valence-electron chi connectivity index (χ0n) is 21.3. The first-order valence-corrected chi connectivity index (χ1v) is 12.7. The number of carbonyl (C=O) groups is 1. The number of piperidine rings is 1. The highest BCUT2D eigenvalue weighted by molar-refractivity contribution is 6.31. The van der Waals surface area contributed by atoms with E-state index in [1.54, 1.807) is 26.8 Å². The number of aromatic nitrogens is 1. The first-order valence-electron chi connectivity index (χ1n) is 12.3. The van der Waals surface area contributed by atoms with Crippen LogP contribution in [0.25, 0.3) is 0 Å². The second-order valence-corrected chi connectivity index (χ2v) is 11.5. The number of nitrogens with zero attached hydrogens (tertiary/aromatic N) is 2. The number of hydrogen-bond acceptors (Lipinski definition) is 5. The maximum Gasteiger partial charge on any atom is 0.418 e. The van der Waals surface area contributed by atoms with Gasteiger partial charge in [-0.05, 0) is 82.6 Å². The van der Waals surface area contributed by atoms with E-state index in [4.69, 9.17) is 21.1 Å². The normalized spacial score (nSPS) is 18.5. The summed E-state index contributed by atoms with van der Waals surface area (Å²) in [5, 5.41) is -0.476. The Kier molecular flexibility index (Phi) is 7.51. The van der Waals surface area contributed by atoms with Crippen LogP contribution in [0.2, 0.25) is 5.02 Å². The van der Waals surface area contributed by atoms with Gasteiger partial charge in [0, 0.05) is 25.7 Å². The van der Waals surface area contributed by atoms with Crippen LogP contribution in [-0.2, 0) is 17.5 Å². The Morgan fingerprint density at radius 1 is 1.16 bits per heavy atom. The molecule has 1 saturated carbocycles. The summed E-state index contributed by atoms with van der Waals surface area (Å²) >= 11 is 5.66. The largest absolute Gasteiger partial charge is 0.471 e. The fourth-order valence-corrected chi connectivity index (χ4v) is 4.71. The number of hydrogen-bond donors (Lipinski definition) is 0. The second-order valence-electron chi connectivity index (χ2n) is 11.1. The topological polar surface area (TPSA) is 51.7 Å². The zero-order valence-corrected chi connectivity index (χ0v) is 22.1. The molecule has 0 unspecified atom stereocenters. The van der Waals surface area contributed by atoms with Gasteiger partial charge in [-0.15, -0.1) is 0 Å². The van der Waals surface area contributed by atoms with E-state index in [1.165, 1.54) is 6.07 Å². The number of alkyl halides is 3. The van der Waals surface area contributed by atoms with Crippen molar-refractivity contribution in [1.29, 1.82) is 0 Å². The molecule has 2 aliphatic rings. The summed E-state index contributed by atoms with van der Waals surface area (Å²) in [7, 11) is 0. The summed E-state index contributed by atoms with van der Waals surface area (Å²) in [6, 6.07) is 3.91. The molecule has 1 aromatic heterocycles. The van der Waals surface area contributed by atoms with E-state index in [9.17, 15) is 22.4 Å². The number of esters is 1. The number of carbonyl (C=O) groups excluding carboxylic acids is 1. The molecule has 2 aromatic rings. The van der Waals surface area contributed by atoms with E-state index in [-0.39, 0.29) is 11.4 Å². The van der Waals surface area contributed by atoms with Gasteiger partial charge >= 0.3 is 12.1 Å². The van der Waals surface area contributed by atoms with Crippen LogP contribution in [0.5, 0.6) is 5.88 Å². The molecule has 2 fully saturated rings. The molecule has 0 spiro atoms. The van der Waals surface area contributed by atoms with Gasteiger partial charge in [0.15, 0.2) is 0 Å². The van der Waals surface area contributed by atoms with Gasteiger partial charge < -0.3 is 9.47 Å². The van der Waals surface area contributed by atoms with Crippen LogP contribution >= 0.6 is 11.6 Å². The molecular weight excluding hydrogens is 512 g/mol. The van der Waals surface area contributed by atoms with Crippen LogP contribution in [0, 0.1) is 5.82 Å². The molecule has 37 heavy (non-hydrogen) atoms. The number of pyridine rings is 1. The van der Waals surface area contributed by atoms with Crippen LogP contribution in [-0.4, -0.2) is 40.1 Å². The van der Waals surface area contributed by atoms with Crippen molar-refractivity contribution in [2.75, 3.05) is 13.1 Å². The van der Waals surface area contributed by atoms with Gasteiger partial charge in [-0.2, -0.15) is 13.2 Å². The molecule has 0 N–H and O–H groups in total. The van der Waals surface area contributed by atoms with Crippen molar-refractivity contribution >= 4 is 17.6 Å². The number of likely N-dealkylation sites (tertiary alicyclic amines) is 1. The lowest BCUT2D eigenvalue weighted by molar-refractivity contribution is -0.137. The molecular formula is C27H31ClF4N2O3. The van der Waals surface area contributed by atoms with Crippen LogP contribution < -0.4 is 4.74 Å². The Hall–Kier alpha value is -2.39. The highest BCUT2D eigenvalue weighted by Crippen LogP contribution is 2.43. The van der Waals surface area contributed by atoms with Gasteiger partial charge in [0.25, 0.3) is 0 Å². The molecule has 0 bridgehead atoms. The smallest absolute Gasteiger partial charge is 0.418 e. The molecule has 1 saturated heterocycles. The van der Waals surface area contributed by atoms with E-state index < -0.39 is 39.8 Å². The Morgan fingerprint density at radius 2 is 1.81 bits per heavy atom. The molecule has 1 aromatic carbocycles. The summed E-state index contributed by atoms with van der Waals surface area (Å²) in [5.41, 5.74) is -0.646. The molecule has 2 heterocycles. The van der Waals surface area contributed by atoms with Crippen molar-refractivity contribution in [2.24, 2.45) is 0 Å². The van der Waals surface area contributed by atoms with Crippen molar-refractivity contribution in [3.63, 3.8) is 0 Å². The lowest BCUT2D eigenvalue weighted by Gasteiger charge is -2.39. The first-order chi connectivity index (χ1) is 17.1. The van der Waals surface area contributed by atoms with Gasteiger partial charge in [-0.25, -0.2) is 14.2 Å². The maximum atomic E-state index is 15.0. The molecule has 0 atom stereocenters. The van der Waals surface area contributed by atoms with E-state index in [0.29, 0.717) is 38.4 Å². The standard InChI is InChI=1S/C27H31ClF4N2O3/c1-25(2,3)37-24(35)19-12-18(16-5-6-16)17(11-22(19)29)15-34-9-7-26(4,8-10-34)36-23-13-20(27(30,31)32)21(28)14-33-23/h11-14,16H,5-10,15H2,1-4H3. The van der Waals surface area contributed by atoms with Crippen LogP contribution in [0.3, 0.4) is 0 Å². The number of benzene rings is 1. The third kappa shape index (κ3) is 6.93. The minimum absolute atomic E-state index is 0.0473. The Morgan fingerprint density at radius 3 is 2.38 bits per heavy atom. The van der Waals surface area contributed by atoms with E-state index in [2.05, 4.69) is 9.88 Å². The number of ether oxygens (including phenoxy) is 2. The molecule has 5 nitrogen and oxygen atoms in total. The lowest BCUT2D eigenvalue weighted by atomic mass is 9.92. The fourth-order valence-electron chi connectivity index (χ4n) is 4.50. The summed E-state index contributed by atoms with van der Waals surface area (Å²) in [5.74, 6) is -1.10. The van der Waals surface area contributed by atoms with Crippen LogP contribution in [0.4, 0.5) is 17.6 Å². The molecule has 1 aliphatic heterocycles. The molecule has 1 aliphatic carbocycles. The lowest BCUT2D eigenvalue weighted by Crippen LogP contribution is -2.46. The van der Waals surface area contributed by atoms with Crippen molar-refractivity contribution in [3.8, 4) is 5.88 Å². The number of rotatable bonds is 6. The summed E-state index contributed by atoms with van der Waals surface area (Å²) < 4.78 is 65.8. The Balaban J connectivity index is 1.44. The third-order valence-corrected chi connectivity index (χ3v) is 6.96. The fraction of sp³-hybridized carbons (Fsp3) is 0.556. The van der Waals surface area contributed by atoms with Gasteiger partial charge in [-0.1, -0.05) is 11.6 Å². The minimum atomic E-state index is -4.60. The second kappa shape index (κ2) is 10.1. The molecule has 0 radical (unpaired) electrons. The summed E-state index contributed by atoms with van der Waals surface area (Å²) in [4.78, 5) is 18.6. The highest BCUT2D eigenvalue weighted by atomic mass is 35.5. The molecule has 0 amide bonds. The van der Waals surface area contributed by atoms with Crippen molar-refractivity contribution < 1.29 is 31.8 Å². The maximum absolute atomic E-state index is 15.0. The van der Waals surface area contributed by atoms with Gasteiger partial charge in [0.2, 0.25) is 5.88 Å². The van der Waals surface area contributed by atoms with Gasteiger partial charge in [-0.3, -0.25) is 4.90 Å². The van der Waals surface area contributed by atoms with Crippen LogP contribution in [0.15, 0.2) is 24.4 Å². The van der Waals surface area contributed by atoms with E-state index >= 15 is 0 Å². The Bertz CT molecular complexity index is 1170. The molecule has 202 valence electrons. The Labute approximate surface area is 219 Å². The predicted octanol–water partition coefficient (Wildman–Crippen LogP) is 7.16. The monoisotopic (exact) mass is 542 g/mol. The van der Waals surface area contributed by atoms with Gasteiger partial charge in [0.05, 0.1) is 22.3 Å². The van der Waals surface area contributed by atoms with Gasteiger partial charge in [0.1, 0.15) is 17.0 Å². The SMILES string of the molecule is CC(C)(C)OC(=O)c1cc(C2CC2)c(CN2CCC(C)(Oc3cc(C(F)(F)F)c(Cl)cn3)CC2)cc1F. The van der Waals surface area contributed by atoms with Crippen molar-refractivity contribution in [2.45, 2.75) is 83.2 Å². The highest BCUT2D eigenvalue weighted by Gasteiger charge is 2.37. The van der Waals surface area contributed by atoms with Crippen molar-refractivity contribution in [1.82, 2.24) is 9.88 Å². The minimum Gasteiger partial charge on any atom is -0.471 e. The van der Waals surface area contributed by atoms with Crippen molar-refractivity contribution in [3.05, 3.63) is 57.5 Å². The average Bonchev–Trinajstić information content (AvgIpc) is 3.60. The number of halogens is 5. The third-order valence-electron chi connectivity index (χ3n) is 6.66. The quantitative estimate of drug-likeness (QED) is 0.286. The summed E-state index contributed by atoms with van der Waals surface area (Å²) in [6.07, 6.45) is -0.562. The van der Waals surface area contributed by atoms with E-state index in [1.807, 2.05) is 6.92 Å². The van der Waals surface area contributed by atoms with E-state index in [0.717, 1.165) is 36.2 Å². The van der Waals surface area contributed by atoms with Crippen LogP contribution in [0.1, 0.15) is 86.3 Å². The average molecular weight is 543 g/mol. The first kappa shape index (κ1) is 27.6. The zero-order chi connectivity index (χ0) is 27.2. The summed E-state index contributed by atoms with van der Waals surface area (Å²) in [6.45, 7) is 8.79. The predicted molar refractivity (Wildman–Crippen MR) is 131 cm³/mol.